The highest BCUT2D eigenvalue weighted by Gasteiger charge is 2.17. The van der Waals surface area contributed by atoms with E-state index < -0.39 is 0 Å². The summed E-state index contributed by atoms with van der Waals surface area (Å²) in [6.07, 6.45) is 2.67. The minimum atomic E-state index is 0.432. The average Bonchev–Trinajstić information content (AvgIpc) is 2.66. The molecule has 1 aliphatic rings. The van der Waals surface area contributed by atoms with Crippen LogP contribution < -0.4 is 10.6 Å². The fourth-order valence-corrected chi connectivity index (χ4v) is 2.81. The number of ether oxygens (including phenoxy) is 1. The van der Waals surface area contributed by atoms with E-state index in [0.29, 0.717) is 12.6 Å². The molecule has 1 heterocycles. The van der Waals surface area contributed by atoms with Crippen LogP contribution in [0.3, 0.4) is 0 Å². The van der Waals surface area contributed by atoms with Gasteiger partial charge in [-0.1, -0.05) is 30.0 Å². The predicted octanol–water partition coefficient (Wildman–Crippen LogP) is 1.70. The molecule has 0 bridgehead atoms. The molecule has 1 fully saturated rings. The van der Waals surface area contributed by atoms with Crippen LogP contribution in [-0.4, -0.2) is 63.3 Å². The topological polar surface area (TPSA) is 48.9 Å². The van der Waals surface area contributed by atoms with Gasteiger partial charge in [-0.25, -0.2) is 0 Å². The minimum Gasteiger partial charge on any atom is -0.381 e. The molecule has 0 radical (unpaired) electrons. The Kier molecular flexibility index (Phi) is 8.89. The Morgan fingerprint density at radius 2 is 2.00 bits per heavy atom. The zero-order chi connectivity index (χ0) is 17.7. The van der Waals surface area contributed by atoms with Gasteiger partial charge in [0.25, 0.3) is 0 Å². The van der Waals surface area contributed by atoms with Crippen LogP contribution in [0.25, 0.3) is 0 Å². The molecule has 5 heteroatoms. The van der Waals surface area contributed by atoms with Crippen LogP contribution >= 0.6 is 0 Å². The van der Waals surface area contributed by atoms with Crippen LogP contribution in [0, 0.1) is 11.8 Å². The number of piperidine rings is 1. The standard InChI is InChI=1S/C20H30N4O/c1-3-21-20(22-13-7-10-18-8-5-4-6-9-18)23-14-17-24-15-11-19(25-2)12-16-24/h4-6,8-9,19H,3,11-17H2,1-2H3,(H2,21,22,23). The van der Waals surface area contributed by atoms with E-state index in [1.807, 2.05) is 30.3 Å². The molecule has 1 aromatic rings. The van der Waals surface area contributed by atoms with Crippen molar-refractivity contribution in [3.63, 3.8) is 0 Å². The summed E-state index contributed by atoms with van der Waals surface area (Å²) in [7, 11) is 1.81. The smallest absolute Gasteiger partial charge is 0.192 e. The molecule has 1 saturated heterocycles. The molecule has 0 spiro atoms. The second-order valence-corrected chi connectivity index (χ2v) is 6.06. The lowest BCUT2D eigenvalue weighted by atomic mass is 10.1. The van der Waals surface area contributed by atoms with Gasteiger partial charge in [0.1, 0.15) is 0 Å². The molecule has 136 valence electrons. The molecule has 0 unspecified atom stereocenters. The third kappa shape index (κ3) is 7.59. The largest absolute Gasteiger partial charge is 0.381 e. The maximum Gasteiger partial charge on any atom is 0.192 e. The molecule has 1 aliphatic heterocycles. The molecule has 0 amide bonds. The zero-order valence-corrected chi connectivity index (χ0v) is 15.4. The third-order valence-corrected chi connectivity index (χ3v) is 4.25. The molecular formula is C20H30N4O. The Balaban J connectivity index is 1.72. The van der Waals surface area contributed by atoms with E-state index >= 15 is 0 Å². The summed E-state index contributed by atoms with van der Waals surface area (Å²) in [5, 5.41) is 6.54. The van der Waals surface area contributed by atoms with Crippen molar-refractivity contribution in [2.75, 3.05) is 46.4 Å². The lowest BCUT2D eigenvalue weighted by Gasteiger charge is -2.30. The number of guanidine groups is 1. The second-order valence-electron chi connectivity index (χ2n) is 6.06. The van der Waals surface area contributed by atoms with Gasteiger partial charge in [-0.05, 0) is 31.9 Å². The van der Waals surface area contributed by atoms with Crippen LogP contribution in [0.1, 0.15) is 25.3 Å². The lowest BCUT2D eigenvalue weighted by molar-refractivity contribution is 0.0421. The summed E-state index contributed by atoms with van der Waals surface area (Å²) in [5.74, 6) is 7.11. The fourth-order valence-electron chi connectivity index (χ4n) is 2.81. The van der Waals surface area contributed by atoms with Gasteiger partial charge in [0.15, 0.2) is 5.96 Å². The van der Waals surface area contributed by atoms with Crippen LogP contribution in [0.5, 0.6) is 0 Å². The molecule has 1 aromatic carbocycles. The van der Waals surface area contributed by atoms with E-state index in [0.717, 1.165) is 57.1 Å². The molecule has 2 N–H and O–H groups in total. The van der Waals surface area contributed by atoms with Crippen molar-refractivity contribution in [1.82, 2.24) is 15.5 Å². The van der Waals surface area contributed by atoms with Crippen LogP contribution in [0.2, 0.25) is 0 Å². The molecule has 5 nitrogen and oxygen atoms in total. The summed E-state index contributed by atoms with van der Waals surface area (Å²) in [4.78, 5) is 7.10. The van der Waals surface area contributed by atoms with Crippen molar-refractivity contribution in [3.05, 3.63) is 35.9 Å². The Bertz CT molecular complexity index is 568. The fraction of sp³-hybridized carbons (Fsp3) is 0.550. The number of hydrogen-bond acceptors (Lipinski definition) is 3. The normalized spacial score (nSPS) is 16.2. The van der Waals surface area contributed by atoms with Crippen molar-refractivity contribution < 1.29 is 4.74 Å². The highest BCUT2D eigenvalue weighted by molar-refractivity contribution is 5.80. The van der Waals surface area contributed by atoms with Gasteiger partial charge in [-0.3, -0.25) is 4.99 Å². The maximum atomic E-state index is 5.41. The average molecular weight is 342 g/mol. The summed E-state index contributed by atoms with van der Waals surface area (Å²) in [6, 6.07) is 10.0. The van der Waals surface area contributed by atoms with E-state index in [-0.39, 0.29) is 0 Å². The van der Waals surface area contributed by atoms with Gasteiger partial charge in [0.05, 0.1) is 19.2 Å². The molecule has 2 rings (SSSR count). The second kappa shape index (κ2) is 11.5. The van der Waals surface area contributed by atoms with Gasteiger partial charge in [-0.15, -0.1) is 0 Å². The molecular weight excluding hydrogens is 312 g/mol. The molecule has 0 saturated carbocycles. The highest BCUT2D eigenvalue weighted by atomic mass is 16.5. The quantitative estimate of drug-likeness (QED) is 0.469. The highest BCUT2D eigenvalue weighted by Crippen LogP contribution is 2.12. The first-order chi connectivity index (χ1) is 12.3. The molecule has 25 heavy (non-hydrogen) atoms. The van der Waals surface area contributed by atoms with Gasteiger partial charge in [0.2, 0.25) is 0 Å². The number of hydrogen-bond donors (Lipinski definition) is 2. The first-order valence-corrected chi connectivity index (χ1v) is 9.13. The van der Waals surface area contributed by atoms with Crippen molar-refractivity contribution >= 4 is 5.96 Å². The van der Waals surface area contributed by atoms with Crippen LogP contribution in [0.4, 0.5) is 0 Å². The van der Waals surface area contributed by atoms with Gasteiger partial charge in [0, 0.05) is 38.9 Å². The molecule has 0 aromatic heterocycles. The van der Waals surface area contributed by atoms with Crippen molar-refractivity contribution in [1.29, 1.82) is 0 Å². The number of likely N-dealkylation sites (tertiary alicyclic amines) is 1. The van der Waals surface area contributed by atoms with E-state index in [1.165, 1.54) is 0 Å². The summed E-state index contributed by atoms with van der Waals surface area (Å²) in [5.41, 5.74) is 1.03. The van der Waals surface area contributed by atoms with E-state index in [9.17, 15) is 0 Å². The Morgan fingerprint density at radius 1 is 1.24 bits per heavy atom. The minimum absolute atomic E-state index is 0.432. The third-order valence-electron chi connectivity index (χ3n) is 4.25. The van der Waals surface area contributed by atoms with Gasteiger partial charge < -0.3 is 20.3 Å². The zero-order valence-electron chi connectivity index (χ0n) is 15.4. The SMILES string of the molecule is CCNC(=NCCN1CCC(OC)CC1)NCC#Cc1ccccc1. The van der Waals surface area contributed by atoms with Crippen molar-refractivity contribution in [3.8, 4) is 11.8 Å². The molecule has 0 aliphatic carbocycles. The van der Waals surface area contributed by atoms with Crippen molar-refractivity contribution in [2.24, 2.45) is 4.99 Å². The predicted molar refractivity (Wildman–Crippen MR) is 104 cm³/mol. The maximum absolute atomic E-state index is 5.41. The number of rotatable bonds is 6. The molecule has 0 atom stereocenters. The van der Waals surface area contributed by atoms with Crippen LogP contribution in [-0.2, 0) is 4.74 Å². The number of nitrogens with one attached hydrogen (secondary N) is 2. The van der Waals surface area contributed by atoms with E-state index in [4.69, 9.17) is 4.74 Å². The summed E-state index contributed by atoms with van der Waals surface area (Å²) < 4.78 is 5.41. The van der Waals surface area contributed by atoms with Crippen molar-refractivity contribution in [2.45, 2.75) is 25.9 Å². The first-order valence-electron chi connectivity index (χ1n) is 9.13. The summed E-state index contributed by atoms with van der Waals surface area (Å²) in [6.45, 7) is 7.47. The Morgan fingerprint density at radius 3 is 2.68 bits per heavy atom. The van der Waals surface area contributed by atoms with E-state index in [1.54, 1.807) is 7.11 Å². The number of nitrogens with zero attached hydrogens (tertiary/aromatic N) is 2. The monoisotopic (exact) mass is 342 g/mol. The summed E-state index contributed by atoms with van der Waals surface area (Å²) >= 11 is 0. The lowest BCUT2D eigenvalue weighted by Crippen LogP contribution is -2.40. The van der Waals surface area contributed by atoms with Gasteiger partial charge in [-0.2, -0.15) is 0 Å². The van der Waals surface area contributed by atoms with Gasteiger partial charge >= 0.3 is 0 Å². The number of methoxy groups -OCH3 is 1. The van der Waals surface area contributed by atoms with Crippen LogP contribution in [0.15, 0.2) is 35.3 Å². The Labute approximate surface area is 151 Å². The number of aliphatic imine (C=N–C) groups is 1. The Hall–Kier alpha value is -2.03. The first kappa shape index (κ1) is 19.3. The number of benzene rings is 1. The van der Waals surface area contributed by atoms with E-state index in [2.05, 4.69) is 39.3 Å².